The minimum absolute atomic E-state index is 0.0482. The number of rotatable bonds is 7. The number of likely N-dealkylation sites (tertiary alicyclic amines) is 1. The second-order valence-corrected chi connectivity index (χ2v) is 7.42. The molecule has 2 aliphatic rings. The molecule has 0 aromatic rings. The molecule has 1 aliphatic heterocycles. The monoisotopic (exact) mass is 353 g/mol. The zero-order chi connectivity index (χ0) is 18.1. The Balaban J connectivity index is 1.64. The van der Waals surface area contributed by atoms with Gasteiger partial charge >= 0.3 is 6.03 Å². The Morgan fingerprint density at radius 2 is 1.64 bits per heavy atom. The predicted molar refractivity (Wildman–Crippen MR) is 98.5 cm³/mol. The number of amides is 3. The molecule has 1 saturated carbocycles. The Kier molecular flexibility index (Phi) is 8.52. The van der Waals surface area contributed by atoms with E-state index in [9.17, 15) is 9.59 Å². The Bertz CT molecular complexity index is 416. The molecule has 1 aliphatic carbocycles. The topological polar surface area (TPSA) is 70.7 Å². The van der Waals surface area contributed by atoms with Crippen LogP contribution in [0.15, 0.2) is 0 Å². The van der Waals surface area contributed by atoms with Crippen molar-refractivity contribution < 1.29 is 14.3 Å². The van der Waals surface area contributed by atoms with Crippen molar-refractivity contribution in [2.45, 2.75) is 89.8 Å². The zero-order valence-corrected chi connectivity index (χ0v) is 15.9. The van der Waals surface area contributed by atoms with Crippen molar-refractivity contribution in [2.75, 3.05) is 19.7 Å². The van der Waals surface area contributed by atoms with Gasteiger partial charge in [-0.15, -0.1) is 0 Å². The van der Waals surface area contributed by atoms with Gasteiger partial charge in [0, 0.05) is 31.8 Å². The van der Waals surface area contributed by atoms with Crippen molar-refractivity contribution >= 4 is 11.9 Å². The van der Waals surface area contributed by atoms with Crippen molar-refractivity contribution in [3.8, 4) is 0 Å². The van der Waals surface area contributed by atoms with Crippen LogP contribution in [0.1, 0.15) is 71.6 Å². The van der Waals surface area contributed by atoms with Crippen molar-refractivity contribution in [1.82, 2.24) is 15.5 Å². The number of carbonyl (C=O) groups is 2. The van der Waals surface area contributed by atoms with Crippen LogP contribution in [0.3, 0.4) is 0 Å². The molecule has 2 fully saturated rings. The lowest BCUT2D eigenvalue weighted by Gasteiger charge is -2.34. The molecule has 0 spiro atoms. The molecule has 144 valence electrons. The third kappa shape index (κ3) is 6.84. The van der Waals surface area contributed by atoms with E-state index in [2.05, 4.69) is 17.6 Å². The molecule has 6 nitrogen and oxygen atoms in total. The first-order valence-electron chi connectivity index (χ1n) is 10.1. The lowest BCUT2D eigenvalue weighted by molar-refractivity contribution is -0.143. The van der Waals surface area contributed by atoms with Crippen LogP contribution in [0, 0.1) is 0 Å². The third-order valence-electron chi connectivity index (χ3n) is 5.30. The maximum Gasteiger partial charge on any atom is 0.315 e. The van der Waals surface area contributed by atoms with Gasteiger partial charge < -0.3 is 20.3 Å². The van der Waals surface area contributed by atoms with Crippen LogP contribution in [-0.4, -0.2) is 54.7 Å². The van der Waals surface area contributed by atoms with E-state index in [1.807, 2.05) is 11.8 Å². The fraction of sp³-hybridized carbons (Fsp3) is 0.895. The molecule has 6 heteroatoms. The molecule has 0 aromatic heterocycles. The molecule has 3 amide bonds. The first kappa shape index (κ1) is 20.0. The summed E-state index contributed by atoms with van der Waals surface area (Å²) in [6.45, 7) is 5.96. The maximum absolute atomic E-state index is 12.4. The fourth-order valence-electron chi connectivity index (χ4n) is 3.64. The molecule has 1 heterocycles. The first-order valence-corrected chi connectivity index (χ1v) is 10.1. The van der Waals surface area contributed by atoms with Crippen LogP contribution in [0.25, 0.3) is 0 Å². The number of unbranched alkanes of at least 4 members (excludes halogenated alkanes) is 1. The smallest absolute Gasteiger partial charge is 0.315 e. The summed E-state index contributed by atoms with van der Waals surface area (Å²) in [7, 11) is 0. The maximum atomic E-state index is 12.4. The van der Waals surface area contributed by atoms with E-state index in [4.69, 9.17) is 4.74 Å². The number of nitrogens with one attached hydrogen (secondary N) is 2. The highest BCUT2D eigenvalue weighted by Crippen LogP contribution is 2.17. The molecule has 1 atom stereocenters. The highest BCUT2D eigenvalue weighted by Gasteiger charge is 2.27. The first-order chi connectivity index (χ1) is 12.1. The molecular weight excluding hydrogens is 318 g/mol. The summed E-state index contributed by atoms with van der Waals surface area (Å²) in [6.07, 6.45) is 9.20. The predicted octanol–water partition coefficient (Wildman–Crippen LogP) is 2.81. The van der Waals surface area contributed by atoms with E-state index in [1.54, 1.807) is 0 Å². The van der Waals surface area contributed by atoms with Crippen LogP contribution in [0.4, 0.5) is 4.79 Å². The number of hydrogen-bond donors (Lipinski definition) is 2. The second-order valence-electron chi connectivity index (χ2n) is 7.42. The third-order valence-corrected chi connectivity index (χ3v) is 5.30. The second kappa shape index (κ2) is 10.6. The Morgan fingerprint density at radius 3 is 2.24 bits per heavy atom. The zero-order valence-electron chi connectivity index (χ0n) is 15.9. The minimum atomic E-state index is -0.370. The Hall–Kier alpha value is -1.30. The van der Waals surface area contributed by atoms with Crippen LogP contribution < -0.4 is 10.6 Å². The summed E-state index contributed by atoms with van der Waals surface area (Å²) in [5, 5.41) is 6.17. The van der Waals surface area contributed by atoms with Gasteiger partial charge in [-0.1, -0.05) is 32.6 Å². The van der Waals surface area contributed by atoms with Gasteiger partial charge in [-0.2, -0.15) is 0 Å². The number of hydrogen-bond acceptors (Lipinski definition) is 3. The normalized spacial score (nSPS) is 21.0. The molecule has 1 unspecified atom stereocenters. The number of piperidine rings is 1. The standard InChI is InChI=1S/C19H35N3O3/c1-3-4-14-25-15(2)18(23)22-12-10-17(11-13-22)21-19(24)20-16-8-6-5-7-9-16/h15-17H,3-14H2,1-2H3,(H2,20,21,24). The van der Waals surface area contributed by atoms with E-state index in [-0.39, 0.29) is 24.1 Å². The molecule has 2 N–H and O–H groups in total. The van der Waals surface area contributed by atoms with E-state index in [0.29, 0.717) is 25.7 Å². The number of urea groups is 1. The molecule has 1 saturated heterocycles. The van der Waals surface area contributed by atoms with E-state index < -0.39 is 0 Å². The van der Waals surface area contributed by atoms with Gasteiger partial charge in [0.1, 0.15) is 6.10 Å². The lowest BCUT2D eigenvalue weighted by atomic mass is 9.96. The summed E-state index contributed by atoms with van der Waals surface area (Å²) >= 11 is 0. The van der Waals surface area contributed by atoms with Gasteiger partial charge in [-0.25, -0.2) is 4.79 Å². The van der Waals surface area contributed by atoms with Crippen molar-refractivity contribution in [1.29, 1.82) is 0 Å². The SMILES string of the molecule is CCCCOC(C)C(=O)N1CCC(NC(=O)NC2CCCCC2)CC1. The van der Waals surface area contributed by atoms with Gasteiger partial charge in [-0.05, 0) is 39.0 Å². The van der Waals surface area contributed by atoms with Gasteiger partial charge in [0.2, 0.25) is 0 Å². The molecule has 2 rings (SSSR count). The van der Waals surface area contributed by atoms with E-state index >= 15 is 0 Å². The quantitative estimate of drug-likeness (QED) is 0.692. The average molecular weight is 354 g/mol. The van der Waals surface area contributed by atoms with Crippen LogP contribution >= 0.6 is 0 Å². The Labute approximate surface area is 152 Å². The highest BCUT2D eigenvalue weighted by molar-refractivity contribution is 5.80. The summed E-state index contributed by atoms with van der Waals surface area (Å²) in [5.74, 6) is 0.0706. The fourth-order valence-corrected chi connectivity index (χ4v) is 3.64. The van der Waals surface area contributed by atoms with Crippen molar-refractivity contribution in [2.24, 2.45) is 0 Å². The van der Waals surface area contributed by atoms with Crippen molar-refractivity contribution in [3.63, 3.8) is 0 Å². The molecule has 0 aromatic carbocycles. The lowest BCUT2D eigenvalue weighted by Crippen LogP contribution is -2.52. The number of ether oxygens (including phenoxy) is 1. The minimum Gasteiger partial charge on any atom is -0.369 e. The van der Waals surface area contributed by atoms with E-state index in [0.717, 1.165) is 38.5 Å². The molecule has 0 bridgehead atoms. The summed E-state index contributed by atoms with van der Waals surface area (Å²) < 4.78 is 5.60. The largest absolute Gasteiger partial charge is 0.369 e. The highest BCUT2D eigenvalue weighted by atomic mass is 16.5. The van der Waals surface area contributed by atoms with Gasteiger partial charge in [0.15, 0.2) is 0 Å². The van der Waals surface area contributed by atoms with E-state index in [1.165, 1.54) is 19.3 Å². The summed E-state index contributed by atoms with van der Waals surface area (Å²) in [5.41, 5.74) is 0. The van der Waals surface area contributed by atoms with Crippen LogP contribution in [0.2, 0.25) is 0 Å². The van der Waals surface area contributed by atoms with Crippen LogP contribution in [0.5, 0.6) is 0 Å². The van der Waals surface area contributed by atoms with Gasteiger partial charge in [0.25, 0.3) is 5.91 Å². The van der Waals surface area contributed by atoms with Crippen LogP contribution in [-0.2, 0) is 9.53 Å². The molecular formula is C19H35N3O3. The average Bonchev–Trinajstić information content (AvgIpc) is 2.62. The molecule has 0 radical (unpaired) electrons. The summed E-state index contributed by atoms with van der Waals surface area (Å²) in [6, 6.07) is 0.438. The Morgan fingerprint density at radius 1 is 1.04 bits per heavy atom. The molecule has 25 heavy (non-hydrogen) atoms. The number of carbonyl (C=O) groups excluding carboxylic acids is 2. The van der Waals surface area contributed by atoms with Gasteiger partial charge in [-0.3, -0.25) is 4.79 Å². The van der Waals surface area contributed by atoms with Crippen molar-refractivity contribution in [3.05, 3.63) is 0 Å². The summed E-state index contributed by atoms with van der Waals surface area (Å²) in [4.78, 5) is 26.4. The van der Waals surface area contributed by atoms with Gasteiger partial charge in [0.05, 0.1) is 0 Å². The number of nitrogens with zero attached hydrogens (tertiary/aromatic N) is 1.